The largest absolute Gasteiger partial charge is 0.324 e. The molecule has 1 rings (SSSR count). The van der Waals surface area contributed by atoms with Gasteiger partial charge in [0.2, 0.25) is 0 Å². The van der Waals surface area contributed by atoms with E-state index in [0.717, 1.165) is 0 Å². The summed E-state index contributed by atoms with van der Waals surface area (Å²) >= 11 is 0.407. The molecule has 9 heavy (non-hydrogen) atoms. The third-order valence-electron chi connectivity index (χ3n) is 1.36. The molecule has 0 saturated carbocycles. The first-order chi connectivity index (χ1) is 4.04. The first kappa shape index (κ1) is 7.25. The Morgan fingerprint density at radius 2 is 2.11 bits per heavy atom. The number of rotatable bonds is 0. The SMILES string of the molecule is CC1CSC(F)(F)C1F. The Morgan fingerprint density at radius 1 is 1.56 bits per heavy atom. The monoisotopic (exact) mass is 156 g/mol. The second kappa shape index (κ2) is 2.08. The van der Waals surface area contributed by atoms with Crippen molar-refractivity contribution >= 4 is 11.8 Å². The van der Waals surface area contributed by atoms with E-state index in [0.29, 0.717) is 11.8 Å². The molecule has 0 spiro atoms. The van der Waals surface area contributed by atoms with Crippen molar-refractivity contribution in [2.75, 3.05) is 5.75 Å². The van der Waals surface area contributed by atoms with Gasteiger partial charge >= 0.3 is 5.25 Å². The standard InChI is InChI=1S/C5H7F3S/c1-3-2-9-5(7,8)4(3)6/h3-4H,2H2,1H3. The summed E-state index contributed by atoms with van der Waals surface area (Å²) in [4.78, 5) is 0. The number of hydrogen-bond donors (Lipinski definition) is 0. The molecule has 2 unspecified atom stereocenters. The molecule has 0 amide bonds. The van der Waals surface area contributed by atoms with E-state index in [1.807, 2.05) is 0 Å². The summed E-state index contributed by atoms with van der Waals surface area (Å²) in [7, 11) is 0. The third-order valence-corrected chi connectivity index (χ3v) is 2.66. The molecule has 0 aromatic heterocycles. The summed E-state index contributed by atoms with van der Waals surface area (Å²) in [5.74, 6) is -0.265. The van der Waals surface area contributed by atoms with Crippen LogP contribution in [0.5, 0.6) is 0 Å². The highest BCUT2D eigenvalue weighted by atomic mass is 32.2. The molecule has 1 fully saturated rings. The Kier molecular flexibility index (Phi) is 1.67. The first-order valence-corrected chi connectivity index (χ1v) is 3.68. The minimum atomic E-state index is -3.13. The molecular formula is C5H7F3S. The van der Waals surface area contributed by atoms with Crippen molar-refractivity contribution in [1.82, 2.24) is 0 Å². The van der Waals surface area contributed by atoms with Crippen LogP contribution in [-0.4, -0.2) is 17.2 Å². The van der Waals surface area contributed by atoms with Gasteiger partial charge in [0.25, 0.3) is 0 Å². The van der Waals surface area contributed by atoms with Gasteiger partial charge in [0.1, 0.15) is 0 Å². The molecule has 0 N–H and O–H groups in total. The fourth-order valence-electron chi connectivity index (χ4n) is 0.738. The summed E-state index contributed by atoms with van der Waals surface area (Å²) < 4.78 is 36.7. The van der Waals surface area contributed by atoms with E-state index < -0.39 is 17.3 Å². The normalized spacial score (nSPS) is 41.3. The van der Waals surface area contributed by atoms with Crippen molar-refractivity contribution in [3.63, 3.8) is 0 Å². The van der Waals surface area contributed by atoms with Crippen LogP contribution in [0.4, 0.5) is 13.2 Å². The van der Waals surface area contributed by atoms with Gasteiger partial charge in [0, 0.05) is 11.7 Å². The van der Waals surface area contributed by atoms with Crippen LogP contribution in [0.25, 0.3) is 0 Å². The molecule has 0 aromatic carbocycles. The van der Waals surface area contributed by atoms with Crippen LogP contribution < -0.4 is 0 Å². The average molecular weight is 156 g/mol. The Bertz CT molecular complexity index is 115. The minimum absolute atomic E-state index is 0.230. The summed E-state index contributed by atoms with van der Waals surface area (Å²) in [5, 5.41) is -3.13. The van der Waals surface area contributed by atoms with Gasteiger partial charge in [-0.25, -0.2) is 4.39 Å². The second-order valence-electron chi connectivity index (χ2n) is 2.25. The van der Waals surface area contributed by atoms with E-state index in [4.69, 9.17) is 0 Å². The van der Waals surface area contributed by atoms with E-state index in [1.54, 1.807) is 0 Å². The van der Waals surface area contributed by atoms with Crippen molar-refractivity contribution in [3.8, 4) is 0 Å². The van der Waals surface area contributed by atoms with E-state index in [1.165, 1.54) is 6.92 Å². The predicted octanol–water partition coefficient (Wildman–Crippen LogP) is 2.30. The van der Waals surface area contributed by atoms with Gasteiger partial charge < -0.3 is 0 Å². The zero-order valence-electron chi connectivity index (χ0n) is 4.90. The molecule has 1 saturated heterocycles. The van der Waals surface area contributed by atoms with Crippen LogP contribution in [-0.2, 0) is 0 Å². The van der Waals surface area contributed by atoms with E-state index >= 15 is 0 Å². The molecule has 1 aliphatic rings. The summed E-state index contributed by atoms with van der Waals surface area (Å²) in [5.41, 5.74) is 0. The first-order valence-electron chi connectivity index (χ1n) is 2.70. The van der Waals surface area contributed by atoms with E-state index in [9.17, 15) is 13.2 Å². The molecular weight excluding hydrogens is 149 g/mol. The molecule has 0 bridgehead atoms. The van der Waals surface area contributed by atoms with Crippen LogP contribution in [0.3, 0.4) is 0 Å². The van der Waals surface area contributed by atoms with Gasteiger partial charge in [-0.1, -0.05) is 18.7 Å². The zero-order valence-corrected chi connectivity index (χ0v) is 5.72. The van der Waals surface area contributed by atoms with Gasteiger partial charge in [0.05, 0.1) is 0 Å². The maximum absolute atomic E-state index is 12.3. The lowest BCUT2D eigenvalue weighted by Gasteiger charge is -2.10. The topological polar surface area (TPSA) is 0 Å². The summed E-state index contributed by atoms with van der Waals surface area (Å²) in [6.45, 7) is 1.50. The summed E-state index contributed by atoms with van der Waals surface area (Å²) in [6.07, 6.45) is -1.94. The molecule has 54 valence electrons. The van der Waals surface area contributed by atoms with Crippen LogP contribution in [0, 0.1) is 5.92 Å². The highest BCUT2D eigenvalue weighted by Crippen LogP contribution is 2.45. The van der Waals surface area contributed by atoms with E-state index in [-0.39, 0.29) is 5.75 Å². The van der Waals surface area contributed by atoms with Crippen molar-refractivity contribution in [1.29, 1.82) is 0 Å². The fraction of sp³-hybridized carbons (Fsp3) is 1.00. The lowest BCUT2D eigenvalue weighted by Crippen LogP contribution is -2.24. The molecule has 0 nitrogen and oxygen atoms in total. The highest BCUT2D eigenvalue weighted by molar-refractivity contribution is 8.00. The van der Waals surface area contributed by atoms with Crippen molar-refractivity contribution in [3.05, 3.63) is 0 Å². The van der Waals surface area contributed by atoms with Gasteiger partial charge in [-0.2, -0.15) is 8.78 Å². The molecule has 1 heterocycles. The van der Waals surface area contributed by atoms with Crippen LogP contribution in [0.1, 0.15) is 6.92 Å². The number of thioether (sulfide) groups is 1. The Morgan fingerprint density at radius 3 is 2.22 bits per heavy atom. The molecule has 0 aliphatic carbocycles. The van der Waals surface area contributed by atoms with Gasteiger partial charge in [-0.05, 0) is 0 Å². The van der Waals surface area contributed by atoms with Crippen LogP contribution in [0.15, 0.2) is 0 Å². The maximum Gasteiger partial charge on any atom is 0.324 e. The Hall–Kier alpha value is 0.140. The van der Waals surface area contributed by atoms with Gasteiger partial charge in [-0.15, -0.1) is 0 Å². The van der Waals surface area contributed by atoms with Crippen LogP contribution >= 0.6 is 11.8 Å². The second-order valence-corrected chi connectivity index (χ2v) is 3.42. The Balaban J connectivity index is 2.62. The highest BCUT2D eigenvalue weighted by Gasteiger charge is 2.49. The fourth-order valence-corrected chi connectivity index (χ4v) is 1.78. The van der Waals surface area contributed by atoms with E-state index in [2.05, 4.69) is 0 Å². The van der Waals surface area contributed by atoms with Gasteiger partial charge in [0.15, 0.2) is 6.17 Å². The lowest BCUT2D eigenvalue weighted by atomic mass is 10.1. The van der Waals surface area contributed by atoms with Crippen molar-refractivity contribution in [2.45, 2.75) is 18.3 Å². The smallest absolute Gasteiger partial charge is 0.239 e. The third kappa shape index (κ3) is 1.18. The molecule has 1 aliphatic heterocycles. The minimum Gasteiger partial charge on any atom is -0.239 e. The van der Waals surface area contributed by atoms with Crippen molar-refractivity contribution < 1.29 is 13.2 Å². The lowest BCUT2D eigenvalue weighted by molar-refractivity contribution is 0.00535. The van der Waals surface area contributed by atoms with Crippen LogP contribution in [0.2, 0.25) is 0 Å². The van der Waals surface area contributed by atoms with Crippen molar-refractivity contribution in [2.24, 2.45) is 5.92 Å². The number of halogens is 3. The molecule has 4 heteroatoms. The average Bonchev–Trinajstić information content (AvgIpc) is 1.97. The summed E-state index contributed by atoms with van der Waals surface area (Å²) in [6, 6.07) is 0. The quantitative estimate of drug-likeness (QED) is 0.518. The predicted molar refractivity (Wildman–Crippen MR) is 31.5 cm³/mol. The zero-order chi connectivity index (χ0) is 7.07. The molecule has 2 atom stereocenters. The Labute approximate surface area is 55.8 Å². The molecule has 0 radical (unpaired) electrons. The number of hydrogen-bond acceptors (Lipinski definition) is 1. The maximum atomic E-state index is 12.3. The molecule has 0 aromatic rings. The number of alkyl halides is 3. The van der Waals surface area contributed by atoms with Gasteiger partial charge in [-0.3, -0.25) is 0 Å².